The molecule has 0 saturated carbocycles. The summed E-state index contributed by atoms with van der Waals surface area (Å²) in [6, 6.07) is 3.20. The second-order valence-electron chi connectivity index (χ2n) is 3.63. The molecule has 80 valence electrons. The monoisotopic (exact) mass is 290 g/mol. The first-order chi connectivity index (χ1) is 6.91. The van der Waals surface area contributed by atoms with Crippen LogP contribution >= 0.6 is 27.5 Å². The lowest BCUT2D eigenvalue weighted by Gasteiger charge is -2.32. The van der Waals surface area contributed by atoms with Gasteiger partial charge in [0.05, 0.1) is 9.50 Å². The predicted molar refractivity (Wildman–Crippen MR) is 59.3 cm³/mol. The lowest BCUT2D eigenvalue weighted by atomic mass is 10.1. The summed E-state index contributed by atoms with van der Waals surface area (Å²) in [6.07, 6.45) is 0. The molecule has 0 spiro atoms. The summed E-state index contributed by atoms with van der Waals surface area (Å²) in [4.78, 5) is 11.6. The fourth-order valence-electron chi connectivity index (χ4n) is 1.34. The van der Waals surface area contributed by atoms with Gasteiger partial charge in [-0.25, -0.2) is 4.79 Å². The number of esters is 1. The summed E-state index contributed by atoms with van der Waals surface area (Å²) >= 11 is 9.19. The molecule has 5 heteroatoms. The molecule has 0 fully saturated rings. The van der Waals surface area contributed by atoms with E-state index in [-0.39, 0.29) is 0 Å². The van der Waals surface area contributed by atoms with Crippen molar-refractivity contribution in [3.8, 4) is 5.75 Å². The number of halogens is 2. The van der Waals surface area contributed by atoms with Gasteiger partial charge in [0.15, 0.2) is 5.75 Å². The molecule has 0 aliphatic carbocycles. The Bertz CT molecular complexity index is 443. The van der Waals surface area contributed by atoms with Crippen LogP contribution in [0.1, 0.15) is 24.2 Å². The van der Waals surface area contributed by atoms with Crippen LogP contribution in [0.2, 0.25) is 5.02 Å². The largest absolute Gasteiger partial charge is 0.451 e. The standard InChI is InChI=1S/C10H8BrClO3/c1-10(2)14-8-5(9(13)15-10)3-4-6(12)7(8)11/h3-4H,1-2H3. The number of hydrogen-bond donors (Lipinski definition) is 0. The van der Waals surface area contributed by atoms with Gasteiger partial charge >= 0.3 is 5.97 Å². The molecule has 0 unspecified atom stereocenters. The summed E-state index contributed by atoms with van der Waals surface area (Å²) in [5.74, 6) is -0.931. The van der Waals surface area contributed by atoms with Crippen LogP contribution in [-0.4, -0.2) is 11.8 Å². The van der Waals surface area contributed by atoms with Crippen LogP contribution in [0.15, 0.2) is 16.6 Å². The van der Waals surface area contributed by atoms with Crippen LogP contribution in [0.4, 0.5) is 0 Å². The molecule has 1 aliphatic heterocycles. The zero-order valence-corrected chi connectivity index (χ0v) is 10.5. The van der Waals surface area contributed by atoms with Crippen LogP contribution in [0.25, 0.3) is 0 Å². The molecule has 1 aromatic carbocycles. The average molecular weight is 292 g/mol. The number of carbonyl (C=O) groups excluding carboxylic acids is 1. The summed E-state index contributed by atoms with van der Waals surface area (Å²) < 4.78 is 11.2. The van der Waals surface area contributed by atoms with Crippen LogP contribution in [0, 0.1) is 0 Å². The number of carbonyl (C=O) groups is 1. The first-order valence-corrected chi connectivity index (χ1v) is 5.48. The minimum Gasteiger partial charge on any atom is -0.451 e. The molecule has 3 nitrogen and oxygen atoms in total. The Morgan fingerprint density at radius 3 is 2.67 bits per heavy atom. The van der Waals surface area contributed by atoms with Crippen molar-refractivity contribution in [1.29, 1.82) is 0 Å². The fraction of sp³-hybridized carbons (Fsp3) is 0.300. The molecule has 0 radical (unpaired) electrons. The maximum atomic E-state index is 11.6. The van der Waals surface area contributed by atoms with Crippen LogP contribution in [0.3, 0.4) is 0 Å². The van der Waals surface area contributed by atoms with E-state index in [4.69, 9.17) is 21.1 Å². The van der Waals surface area contributed by atoms with Crippen LogP contribution < -0.4 is 4.74 Å². The zero-order valence-electron chi connectivity index (χ0n) is 8.14. The SMILES string of the molecule is CC1(C)OC(=O)c2ccc(Cl)c(Br)c2O1. The Balaban J connectivity index is 2.61. The highest BCUT2D eigenvalue weighted by molar-refractivity contribution is 9.10. The van der Waals surface area contributed by atoms with Crippen molar-refractivity contribution in [2.75, 3.05) is 0 Å². The van der Waals surface area contributed by atoms with Crippen molar-refractivity contribution >= 4 is 33.5 Å². The maximum Gasteiger partial charge on any atom is 0.345 e. The van der Waals surface area contributed by atoms with E-state index in [9.17, 15) is 4.79 Å². The molecule has 1 aliphatic rings. The van der Waals surface area contributed by atoms with Gasteiger partial charge in [-0.1, -0.05) is 11.6 Å². The number of ether oxygens (including phenoxy) is 2. The van der Waals surface area contributed by atoms with Gasteiger partial charge in [-0.05, 0) is 28.1 Å². The topological polar surface area (TPSA) is 35.5 Å². The Morgan fingerprint density at radius 1 is 1.33 bits per heavy atom. The van der Waals surface area contributed by atoms with Gasteiger partial charge in [0.2, 0.25) is 5.79 Å². The second kappa shape index (κ2) is 3.39. The van der Waals surface area contributed by atoms with E-state index in [0.29, 0.717) is 20.8 Å². The zero-order chi connectivity index (χ0) is 11.2. The highest BCUT2D eigenvalue weighted by Gasteiger charge is 2.35. The van der Waals surface area contributed by atoms with Crippen molar-refractivity contribution in [2.24, 2.45) is 0 Å². The van der Waals surface area contributed by atoms with Crippen molar-refractivity contribution in [1.82, 2.24) is 0 Å². The molecule has 15 heavy (non-hydrogen) atoms. The third-order valence-corrected chi connectivity index (χ3v) is 3.29. The van der Waals surface area contributed by atoms with E-state index in [1.54, 1.807) is 26.0 Å². The third kappa shape index (κ3) is 1.84. The van der Waals surface area contributed by atoms with Crippen molar-refractivity contribution in [2.45, 2.75) is 19.6 Å². The molecule has 0 amide bonds. The Labute approximate surface area is 100 Å². The number of fused-ring (bicyclic) bond motifs is 1. The smallest absolute Gasteiger partial charge is 0.345 e. The average Bonchev–Trinajstić information content (AvgIpc) is 2.10. The predicted octanol–water partition coefficient (Wildman–Crippen LogP) is 3.39. The lowest BCUT2D eigenvalue weighted by Crippen LogP contribution is -2.39. The Kier molecular flexibility index (Phi) is 2.43. The third-order valence-electron chi connectivity index (χ3n) is 1.96. The Morgan fingerprint density at radius 2 is 2.00 bits per heavy atom. The van der Waals surface area contributed by atoms with Crippen LogP contribution in [-0.2, 0) is 4.74 Å². The number of cyclic esters (lactones) is 1. The van der Waals surface area contributed by atoms with Crippen molar-refractivity contribution in [3.63, 3.8) is 0 Å². The normalized spacial score (nSPS) is 17.7. The molecule has 2 rings (SSSR count). The first kappa shape index (κ1) is 10.8. The minimum atomic E-state index is -0.961. The van der Waals surface area contributed by atoms with E-state index >= 15 is 0 Å². The second-order valence-corrected chi connectivity index (χ2v) is 4.83. The summed E-state index contributed by atoms with van der Waals surface area (Å²) in [6.45, 7) is 3.34. The quantitative estimate of drug-likeness (QED) is 0.687. The number of hydrogen-bond acceptors (Lipinski definition) is 3. The van der Waals surface area contributed by atoms with Crippen LogP contribution in [0.5, 0.6) is 5.75 Å². The van der Waals surface area contributed by atoms with Gasteiger partial charge in [-0.3, -0.25) is 0 Å². The molecule has 0 N–H and O–H groups in total. The van der Waals surface area contributed by atoms with Gasteiger partial charge in [-0.15, -0.1) is 0 Å². The molecule has 0 bridgehead atoms. The molecule has 1 heterocycles. The van der Waals surface area contributed by atoms with Gasteiger partial charge in [-0.2, -0.15) is 0 Å². The minimum absolute atomic E-state index is 0.380. The molecule has 0 aromatic heterocycles. The fourth-order valence-corrected chi connectivity index (χ4v) is 1.91. The Hall–Kier alpha value is -0.740. The molecular formula is C10H8BrClO3. The van der Waals surface area contributed by atoms with Crippen molar-refractivity contribution in [3.05, 3.63) is 27.2 Å². The maximum absolute atomic E-state index is 11.6. The first-order valence-electron chi connectivity index (χ1n) is 4.31. The highest BCUT2D eigenvalue weighted by Crippen LogP contribution is 2.40. The molecule has 1 aromatic rings. The molecular weight excluding hydrogens is 283 g/mol. The van der Waals surface area contributed by atoms with Gasteiger partial charge in [0.25, 0.3) is 0 Å². The summed E-state index contributed by atoms with van der Waals surface area (Å²) in [5, 5.41) is 0.499. The van der Waals surface area contributed by atoms with E-state index in [1.807, 2.05) is 0 Å². The highest BCUT2D eigenvalue weighted by atomic mass is 79.9. The van der Waals surface area contributed by atoms with Gasteiger partial charge < -0.3 is 9.47 Å². The molecule has 0 atom stereocenters. The van der Waals surface area contributed by atoms with E-state index in [1.165, 1.54) is 0 Å². The van der Waals surface area contributed by atoms with Gasteiger partial charge in [0, 0.05) is 13.8 Å². The van der Waals surface area contributed by atoms with E-state index in [2.05, 4.69) is 15.9 Å². The summed E-state index contributed by atoms with van der Waals surface area (Å²) in [7, 11) is 0. The number of rotatable bonds is 0. The lowest BCUT2D eigenvalue weighted by molar-refractivity contribution is -0.127. The number of benzene rings is 1. The van der Waals surface area contributed by atoms with E-state index in [0.717, 1.165) is 0 Å². The van der Waals surface area contributed by atoms with Crippen molar-refractivity contribution < 1.29 is 14.3 Å². The summed E-state index contributed by atoms with van der Waals surface area (Å²) in [5.41, 5.74) is 0.380. The van der Waals surface area contributed by atoms with Gasteiger partial charge in [0.1, 0.15) is 5.56 Å². The van der Waals surface area contributed by atoms with E-state index < -0.39 is 11.8 Å². The molecule has 0 saturated heterocycles.